The molecular formula is C10H18O2. The molecule has 0 aromatic heterocycles. The molecule has 0 bridgehead atoms. The van der Waals surface area contributed by atoms with Gasteiger partial charge >= 0.3 is 0 Å². The fourth-order valence-corrected chi connectivity index (χ4v) is 0.868. The third kappa shape index (κ3) is 3.67. The summed E-state index contributed by atoms with van der Waals surface area (Å²) in [4.78, 5) is 11.5. The zero-order chi connectivity index (χ0) is 9.78. The van der Waals surface area contributed by atoms with Gasteiger partial charge in [-0.15, -0.1) is 0 Å². The monoisotopic (exact) mass is 170 g/mol. The Bertz CT molecular complexity index is 186. The molecule has 70 valence electrons. The summed E-state index contributed by atoms with van der Waals surface area (Å²) in [6.07, 6.45) is 1.62. The molecule has 12 heavy (non-hydrogen) atoms. The molecule has 0 aliphatic heterocycles. The van der Waals surface area contributed by atoms with Crippen molar-refractivity contribution >= 4 is 5.78 Å². The van der Waals surface area contributed by atoms with Gasteiger partial charge in [0.1, 0.15) is 5.60 Å². The number of hydrogen-bond acceptors (Lipinski definition) is 2. The van der Waals surface area contributed by atoms with Crippen LogP contribution < -0.4 is 0 Å². The first-order chi connectivity index (χ1) is 5.40. The predicted molar refractivity (Wildman–Crippen MR) is 50.1 cm³/mol. The maximum atomic E-state index is 11.5. The third-order valence-corrected chi connectivity index (χ3v) is 1.52. The van der Waals surface area contributed by atoms with Crippen LogP contribution in [0.5, 0.6) is 0 Å². The first kappa shape index (κ1) is 11.4. The van der Waals surface area contributed by atoms with Crippen molar-refractivity contribution in [2.24, 2.45) is 0 Å². The summed E-state index contributed by atoms with van der Waals surface area (Å²) < 4.78 is 5.30. The Morgan fingerprint density at radius 3 is 2.25 bits per heavy atom. The first-order valence-electron chi connectivity index (χ1n) is 4.23. The van der Waals surface area contributed by atoms with Gasteiger partial charge in [-0.1, -0.05) is 5.57 Å². The third-order valence-electron chi connectivity index (χ3n) is 1.52. The van der Waals surface area contributed by atoms with Gasteiger partial charge in [0, 0.05) is 6.61 Å². The van der Waals surface area contributed by atoms with Crippen LogP contribution in [0.2, 0.25) is 0 Å². The Kier molecular flexibility index (Phi) is 4.18. The van der Waals surface area contributed by atoms with Gasteiger partial charge in [-0.2, -0.15) is 0 Å². The Morgan fingerprint density at radius 2 is 1.92 bits per heavy atom. The Balaban J connectivity index is 4.36. The van der Waals surface area contributed by atoms with E-state index in [0.717, 1.165) is 5.57 Å². The van der Waals surface area contributed by atoms with Crippen LogP contribution in [-0.2, 0) is 9.53 Å². The number of carbonyl (C=O) groups is 1. The number of allylic oxidation sites excluding steroid dienone is 1. The summed E-state index contributed by atoms with van der Waals surface area (Å²) >= 11 is 0. The lowest BCUT2D eigenvalue weighted by Gasteiger charge is -2.21. The number of hydrogen-bond donors (Lipinski definition) is 0. The second kappa shape index (κ2) is 4.41. The maximum absolute atomic E-state index is 11.5. The van der Waals surface area contributed by atoms with Crippen molar-refractivity contribution < 1.29 is 9.53 Å². The van der Waals surface area contributed by atoms with E-state index in [1.54, 1.807) is 19.9 Å². The highest BCUT2D eigenvalue weighted by molar-refractivity contribution is 5.96. The zero-order valence-corrected chi connectivity index (χ0v) is 8.60. The number of ketones is 1. The topological polar surface area (TPSA) is 26.3 Å². The summed E-state index contributed by atoms with van der Waals surface area (Å²) in [5.41, 5.74) is 0.333. The van der Waals surface area contributed by atoms with Crippen LogP contribution in [0, 0.1) is 0 Å². The maximum Gasteiger partial charge on any atom is 0.186 e. The molecule has 0 saturated carbocycles. The van der Waals surface area contributed by atoms with Crippen molar-refractivity contribution in [2.45, 2.75) is 40.2 Å². The fourth-order valence-electron chi connectivity index (χ4n) is 0.868. The van der Waals surface area contributed by atoms with Crippen molar-refractivity contribution in [1.29, 1.82) is 0 Å². The largest absolute Gasteiger partial charge is 0.368 e. The zero-order valence-electron chi connectivity index (χ0n) is 8.60. The molecule has 0 amide bonds. The van der Waals surface area contributed by atoms with Crippen molar-refractivity contribution in [3.05, 3.63) is 11.6 Å². The molecule has 0 atom stereocenters. The number of carbonyl (C=O) groups excluding carboxylic acids is 1. The summed E-state index contributed by atoms with van der Waals surface area (Å²) in [6, 6.07) is 0. The number of ether oxygens (including phenoxy) is 1. The molecule has 0 spiro atoms. The van der Waals surface area contributed by atoms with E-state index >= 15 is 0 Å². The highest BCUT2D eigenvalue weighted by Gasteiger charge is 2.25. The predicted octanol–water partition coefficient (Wildman–Crippen LogP) is 2.34. The number of rotatable bonds is 4. The van der Waals surface area contributed by atoms with Crippen LogP contribution in [0.1, 0.15) is 34.6 Å². The summed E-state index contributed by atoms with van der Waals surface area (Å²) in [5.74, 6) is 0.0318. The summed E-state index contributed by atoms with van der Waals surface area (Å²) in [7, 11) is 0. The van der Waals surface area contributed by atoms with E-state index in [1.807, 2.05) is 20.8 Å². The molecule has 0 saturated heterocycles. The van der Waals surface area contributed by atoms with Gasteiger partial charge in [-0.3, -0.25) is 4.79 Å². The van der Waals surface area contributed by atoms with Gasteiger partial charge in [0.05, 0.1) is 0 Å². The van der Waals surface area contributed by atoms with E-state index in [-0.39, 0.29) is 5.78 Å². The normalized spacial score (nSPS) is 11.1. The van der Waals surface area contributed by atoms with Gasteiger partial charge in [-0.05, 0) is 40.7 Å². The van der Waals surface area contributed by atoms with E-state index in [4.69, 9.17) is 4.74 Å². The highest BCUT2D eigenvalue weighted by Crippen LogP contribution is 2.12. The van der Waals surface area contributed by atoms with Gasteiger partial charge in [-0.25, -0.2) is 0 Å². The summed E-state index contributed by atoms with van der Waals surface area (Å²) in [6.45, 7) is 9.84. The molecule has 0 aliphatic carbocycles. The molecule has 2 heteroatoms. The average Bonchev–Trinajstić information content (AvgIpc) is 1.85. The molecule has 2 nitrogen and oxygen atoms in total. The molecular weight excluding hydrogens is 152 g/mol. The second-order valence-electron chi connectivity index (χ2n) is 3.53. The summed E-state index contributed by atoms with van der Waals surface area (Å²) in [5, 5.41) is 0. The Labute approximate surface area is 74.6 Å². The van der Waals surface area contributed by atoms with Crippen LogP contribution in [0.15, 0.2) is 11.6 Å². The van der Waals surface area contributed by atoms with E-state index in [0.29, 0.717) is 6.61 Å². The molecule has 0 radical (unpaired) electrons. The lowest BCUT2D eigenvalue weighted by atomic mass is 10.0. The molecule has 0 aliphatic rings. The highest BCUT2D eigenvalue weighted by atomic mass is 16.5. The molecule has 0 aromatic rings. The van der Waals surface area contributed by atoms with Crippen LogP contribution in [0.4, 0.5) is 0 Å². The van der Waals surface area contributed by atoms with Crippen LogP contribution in [-0.4, -0.2) is 18.0 Å². The van der Waals surface area contributed by atoms with Crippen LogP contribution in [0.25, 0.3) is 0 Å². The lowest BCUT2D eigenvalue weighted by molar-refractivity contribution is -0.134. The van der Waals surface area contributed by atoms with Gasteiger partial charge in [0.2, 0.25) is 0 Å². The van der Waals surface area contributed by atoms with Crippen molar-refractivity contribution in [1.82, 2.24) is 0 Å². The quantitative estimate of drug-likeness (QED) is 0.605. The minimum absolute atomic E-state index is 0.0318. The molecule has 0 unspecified atom stereocenters. The van der Waals surface area contributed by atoms with Gasteiger partial charge in [0.25, 0.3) is 0 Å². The SMILES string of the molecule is CCOC(C)(C)C(=O)C=C(C)C. The first-order valence-corrected chi connectivity index (χ1v) is 4.23. The molecule has 0 N–H and O–H groups in total. The van der Waals surface area contributed by atoms with Crippen molar-refractivity contribution in [2.75, 3.05) is 6.61 Å². The minimum Gasteiger partial charge on any atom is -0.368 e. The lowest BCUT2D eigenvalue weighted by Crippen LogP contribution is -2.33. The van der Waals surface area contributed by atoms with E-state index in [1.165, 1.54) is 0 Å². The van der Waals surface area contributed by atoms with E-state index in [9.17, 15) is 4.79 Å². The fraction of sp³-hybridized carbons (Fsp3) is 0.700. The van der Waals surface area contributed by atoms with Crippen molar-refractivity contribution in [3.63, 3.8) is 0 Å². The van der Waals surface area contributed by atoms with Gasteiger partial charge < -0.3 is 4.74 Å². The second-order valence-corrected chi connectivity index (χ2v) is 3.53. The standard InChI is InChI=1S/C10H18O2/c1-6-12-10(4,5)9(11)7-8(2)3/h7H,6H2,1-5H3. The Hall–Kier alpha value is -0.630. The van der Waals surface area contributed by atoms with E-state index < -0.39 is 5.60 Å². The van der Waals surface area contributed by atoms with E-state index in [2.05, 4.69) is 0 Å². The Morgan fingerprint density at radius 1 is 1.42 bits per heavy atom. The van der Waals surface area contributed by atoms with Crippen LogP contribution in [0.3, 0.4) is 0 Å². The van der Waals surface area contributed by atoms with Gasteiger partial charge in [0.15, 0.2) is 5.78 Å². The molecule has 0 heterocycles. The molecule has 0 fully saturated rings. The van der Waals surface area contributed by atoms with Crippen LogP contribution >= 0.6 is 0 Å². The van der Waals surface area contributed by atoms with Crippen molar-refractivity contribution in [3.8, 4) is 0 Å². The average molecular weight is 170 g/mol. The molecule has 0 rings (SSSR count). The minimum atomic E-state index is -0.675. The molecule has 0 aromatic carbocycles. The smallest absolute Gasteiger partial charge is 0.186 e.